The number of hydrogen-bond donors (Lipinski definition) is 1. The molecule has 2 heterocycles. The molecule has 0 aromatic carbocycles. The van der Waals surface area contributed by atoms with E-state index in [1.807, 2.05) is 6.92 Å². The molecule has 0 saturated carbocycles. The number of rotatable bonds is 2. The second-order valence-corrected chi connectivity index (χ2v) is 4.23. The molecular weight excluding hydrogens is 192 g/mol. The van der Waals surface area contributed by atoms with E-state index in [1.54, 1.807) is 0 Å². The van der Waals surface area contributed by atoms with Gasteiger partial charge >= 0.3 is 5.97 Å². The fraction of sp³-hybridized carbons (Fsp3) is 0.636. The van der Waals surface area contributed by atoms with Crippen molar-refractivity contribution < 1.29 is 9.90 Å². The standard InChI is InChI=1S/C11H16N2O2/c1-7-8(2)13-5-3-4-9(6-10(14)15)11(13)12-7/h9H,3-6H2,1-2H3,(H,14,15). The molecule has 1 aliphatic heterocycles. The van der Waals surface area contributed by atoms with Crippen LogP contribution in [0.25, 0.3) is 0 Å². The first-order chi connectivity index (χ1) is 7.09. The highest BCUT2D eigenvalue weighted by Crippen LogP contribution is 2.31. The van der Waals surface area contributed by atoms with E-state index in [9.17, 15) is 4.79 Å². The topological polar surface area (TPSA) is 55.1 Å². The lowest BCUT2D eigenvalue weighted by molar-refractivity contribution is -0.137. The first-order valence-corrected chi connectivity index (χ1v) is 5.35. The third-order valence-electron chi connectivity index (χ3n) is 3.21. The Kier molecular flexibility index (Phi) is 2.50. The maximum absolute atomic E-state index is 10.7. The third-order valence-corrected chi connectivity index (χ3v) is 3.21. The quantitative estimate of drug-likeness (QED) is 0.807. The third kappa shape index (κ3) is 1.76. The molecule has 0 fully saturated rings. The van der Waals surface area contributed by atoms with E-state index in [0.29, 0.717) is 0 Å². The van der Waals surface area contributed by atoms with Crippen LogP contribution in [0.1, 0.15) is 42.4 Å². The van der Waals surface area contributed by atoms with Gasteiger partial charge in [0.15, 0.2) is 0 Å². The molecule has 1 unspecified atom stereocenters. The van der Waals surface area contributed by atoms with Gasteiger partial charge in [0.05, 0.1) is 12.1 Å². The fourth-order valence-corrected chi connectivity index (χ4v) is 2.30. The molecule has 1 N–H and O–H groups in total. The van der Waals surface area contributed by atoms with Gasteiger partial charge in [-0.25, -0.2) is 4.98 Å². The van der Waals surface area contributed by atoms with Crippen molar-refractivity contribution in [1.82, 2.24) is 9.55 Å². The van der Waals surface area contributed by atoms with Crippen LogP contribution in [0.15, 0.2) is 0 Å². The average Bonchev–Trinajstić information content (AvgIpc) is 2.45. The van der Waals surface area contributed by atoms with E-state index in [0.717, 1.165) is 30.9 Å². The SMILES string of the molecule is Cc1nc2n(c1C)CCCC2CC(=O)O. The molecule has 0 saturated heterocycles. The lowest BCUT2D eigenvalue weighted by atomic mass is 9.95. The van der Waals surface area contributed by atoms with E-state index in [4.69, 9.17) is 5.11 Å². The Bertz CT molecular complexity index is 396. The Morgan fingerprint density at radius 1 is 1.60 bits per heavy atom. The second kappa shape index (κ2) is 3.68. The minimum absolute atomic E-state index is 0.101. The number of imidazole rings is 1. The van der Waals surface area contributed by atoms with E-state index in [-0.39, 0.29) is 12.3 Å². The molecular formula is C11H16N2O2. The number of carboxylic acid groups (broad SMARTS) is 1. The van der Waals surface area contributed by atoms with Crippen LogP contribution >= 0.6 is 0 Å². The van der Waals surface area contributed by atoms with E-state index >= 15 is 0 Å². The summed E-state index contributed by atoms with van der Waals surface area (Å²) in [7, 11) is 0. The monoisotopic (exact) mass is 208 g/mol. The van der Waals surface area contributed by atoms with Gasteiger partial charge in [-0.1, -0.05) is 0 Å². The van der Waals surface area contributed by atoms with Gasteiger partial charge in [-0.05, 0) is 26.7 Å². The Morgan fingerprint density at radius 2 is 2.33 bits per heavy atom. The molecule has 2 rings (SSSR count). The summed E-state index contributed by atoms with van der Waals surface area (Å²) in [5, 5.41) is 8.83. The van der Waals surface area contributed by atoms with Gasteiger partial charge in [0.2, 0.25) is 0 Å². The summed E-state index contributed by atoms with van der Waals surface area (Å²) in [6, 6.07) is 0. The van der Waals surface area contributed by atoms with Crippen LogP contribution in [-0.2, 0) is 11.3 Å². The molecule has 0 amide bonds. The van der Waals surface area contributed by atoms with Crippen molar-refractivity contribution in [2.24, 2.45) is 0 Å². The minimum atomic E-state index is -0.730. The lowest BCUT2D eigenvalue weighted by Gasteiger charge is -2.22. The number of carboxylic acids is 1. The number of hydrogen-bond acceptors (Lipinski definition) is 2. The molecule has 4 heteroatoms. The summed E-state index contributed by atoms with van der Waals surface area (Å²) in [6.07, 6.45) is 2.21. The zero-order chi connectivity index (χ0) is 11.0. The number of aliphatic carboxylic acids is 1. The number of aromatic nitrogens is 2. The molecule has 0 aliphatic carbocycles. The van der Waals surface area contributed by atoms with Gasteiger partial charge in [-0.15, -0.1) is 0 Å². The summed E-state index contributed by atoms with van der Waals surface area (Å²) < 4.78 is 2.17. The summed E-state index contributed by atoms with van der Waals surface area (Å²) in [5.41, 5.74) is 2.21. The Hall–Kier alpha value is -1.32. The highest BCUT2D eigenvalue weighted by Gasteiger charge is 2.26. The Morgan fingerprint density at radius 3 is 3.00 bits per heavy atom. The maximum atomic E-state index is 10.7. The highest BCUT2D eigenvalue weighted by molar-refractivity contribution is 5.67. The van der Waals surface area contributed by atoms with Crippen molar-refractivity contribution in [2.45, 2.75) is 45.6 Å². The van der Waals surface area contributed by atoms with Crippen LogP contribution in [0.4, 0.5) is 0 Å². The molecule has 1 aliphatic rings. The first-order valence-electron chi connectivity index (χ1n) is 5.35. The van der Waals surface area contributed by atoms with Crippen LogP contribution in [0.5, 0.6) is 0 Å². The predicted octanol–water partition coefficient (Wildman–Crippen LogP) is 1.85. The summed E-state index contributed by atoms with van der Waals surface area (Å²) in [6.45, 7) is 5.02. The van der Waals surface area contributed by atoms with Gasteiger partial charge in [0.25, 0.3) is 0 Å². The van der Waals surface area contributed by atoms with E-state index in [2.05, 4.69) is 16.5 Å². The molecule has 82 valence electrons. The van der Waals surface area contributed by atoms with Crippen LogP contribution in [0.2, 0.25) is 0 Å². The molecule has 1 aromatic rings. The van der Waals surface area contributed by atoms with Crippen molar-refractivity contribution in [3.63, 3.8) is 0 Å². The van der Waals surface area contributed by atoms with Crippen molar-refractivity contribution in [2.75, 3.05) is 0 Å². The smallest absolute Gasteiger partial charge is 0.304 e. The number of aryl methyl sites for hydroxylation is 1. The summed E-state index contributed by atoms with van der Waals surface area (Å²) in [4.78, 5) is 15.2. The Labute approximate surface area is 88.9 Å². The van der Waals surface area contributed by atoms with Gasteiger partial charge in [-0.3, -0.25) is 4.79 Å². The van der Waals surface area contributed by atoms with E-state index < -0.39 is 5.97 Å². The van der Waals surface area contributed by atoms with Crippen LogP contribution < -0.4 is 0 Å². The normalized spacial score (nSPS) is 20.0. The van der Waals surface area contributed by atoms with Gasteiger partial charge in [-0.2, -0.15) is 0 Å². The molecule has 4 nitrogen and oxygen atoms in total. The van der Waals surface area contributed by atoms with Gasteiger partial charge in [0, 0.05) is 18.2 Å². The van der Waals surface area contributed by atoms with Crippen molar-refractivity contribution >= 4 is 5.97 Å². The fourth-order valence-electron chi connectivity index (χ4n) is 2.30. The van der Waals surface area contributed by atoms with E-state index in [1.165, 1.54) is 5.69 Å². The van der Waals surface area contributed by atoms with Crippen molar-refractivity contribution in [3.8, 4) is 0 Å². The average molecular weight is 208 g/mol. The second-order valence-electron chi connectivity index (χ2n) is 4.23. The molecule has 1 aromatic heterocycles. The van der Waals surface area contributed by atoms with Gasteiger partial charge < -0.3 is 9.67 Å². The molecule has 15 heavy (non-hydrogen) atoms. The molecule has 1 atom stereocenters. The molecule has 0 radical (unpaired) electrons. The predicted molar refractivity (Wildman–Crippen MR) is 55.9 cm³/mol. The van der Waals surface area contributed by atoms with Crippen molar-refractivity contribution in [3.05, 3.63) is 17.2 Å². The summed E-state index contributed by atoms with van der Waals surface area (Å²) in [5.74, 6) is 0.342. The molecule has 0 spiro atoms. The van der Waals surface area contributed by atoms with Crippen molar-refractivity contribution in [1.29, 1.82) is 0 Å². The van der Waals surface area contributed by atoms with Gasteiger partial charge in [0.1, 0.15) is 5.82 Å². The zero-order valence-electron chi connectivity index (χ0n) is 9.16. The minimum Gasteiger partial charge on any atom is -0.481 e. The summed E-state index contributed by atoms with van der Waals surface area (Å²) >= 11 is 0. The number of nitrogens with zero attached hydrogens (tertiary/aromatic N) is 2. The van der Waals surface area contributed by atoms with Crippen LogP contribution in [0.3, 0.4) is 0 Å². The molecule has 0 bridgehead atoms. The maximum Gasteiger partial charge on any atom is 0.304 e. The highest BCUT2D eigenvalue weighted by atomic mass is 16.4. The first kappa shape index (κ1) is 10.2. The number of fused-ring (bicyclic) bond motifs is 1. The zero-order valence-corrected chi connectivity index (χ0v) is 9.16. The Balaban J connectivity index is 2.34. The largest absolute Gasteiger partial charge is 0.481 e. The number of carbonyl (C=O) groups is 1. The lowest BCUT2D eigenvalue weighted by Crippen LogP contribution is -2.19. The van der Waals surface area contributed by atoms with Crippen LogP contribution in [-0.4, -0.2) is 20.6 Å². The van der Waals surface area contributed by atoms with Crippen LogP contribution in [0, 0.1) is 13.8 Å².